The second-order valence-electron chi connectivity index (χ2n) is 4.36. The summed E-state index contributed by atoms with van der Waals surface area (Å²) in [5.74, 6) is 0.824. The molecule has 0 fully saturated rings. The van der Waals surface area contributed by atoms with Crippen molar-refractivity contribution in [2.24, 2.45) is 0 Å². The van der Waals surface area contributed by atoms with Gasteiger partial charge in [-0.1, -0.05) is 50.1 Å². The van der Waals surface area contributed by atoms with Gasteiger partial charge < -0.3 is 4.74 Å². The Hall–Kier alpha value is -1.13. The third kappa shape index (κ3) is 3.70. The molecular weight excluding hydrogens is 384 g/mol. The molecule has 0 aromatic heterocycles. The number of Topliss-reactive ketones (excluding diaryl/α,β-unsaturated/α-hetero) is 1. The molecule has 0 unspecified atom stereocenters. The van der Waals surface area contributed by atoms with Gasteiger partial charge in [-0.25, -0.2) is 0 Å². The Labute approximate surface area is 135 Å². The van der Waals surface area contributed by atoms with Crippen LogP contribution < -0.4 is 4.74 Å². The fourth-order valence-corrected chi connectivity index (χ4v) is 3.35. The first kappa shape index (κ1) is 15.3. The maximum absolute atomic E-state index is 12.2. The van der Waals surface area contributed by atoms with Crippen LogP contribution in [0.1, 0.15) is 22.3 Å². The average Bonchev–Trinajstić information content (AvgIpc) is 2.46. The van der Waals surface area contributed by atoms with Gasteiger partial charge in [0.2, 0.25) is 0 Å². The van der Waals surface area contributed by atoms with Crippen molar-refractivity contribution in [2.75, 3.05) is 7.11 Å². The fourth-order valence-electron chi connectivity index (χ4n) is 1.95. The minimum atomic E-state index is 0.117. The second-order valence-corrected chi connectivity index (χ2v) is 6.06. The van der Waals surface area contributed by atoms with E-state index in [2.05, 4.69) is 31.9 Å². The van der Waals surface area contributed by atoms with E-state index in [-0.39, 0.29) is 5.78 Å². The Balaban J connectivity index is 2.09. The third-order valence-electron chi connectivity index (χ3n) is 3.06. The van der Waals surface area contributed by atoms with Gasteiger partial charge in [0.05, 0.1) is 7.11 Å². The Kier molecular flexibility index (Phi) is 5.38. The SMILES string of the molecule is COc1cccc(C(=O)CCc2c(Br)cccc2Br)c1. The third-order valence-corrected chi connectivity index (χ3v) is 4.54. The van der Waals surface area contributed by atoms with Gasteiger partial charge in [0.1, 0.15) is 5.75 Å². The van der Waals surface area contributed by atoms with E-state index in [9.17, 15) is 4.79 Å². The topological polar surface area (TPSA) is 26.3 Å². The molecule has 104 valence electrons. The zero-order chi connectivity index (χ0) is 14.5. The van der Waals surface area contributed by atoms with Crippen LogP contribution in [0.5, 0.6) is 5.75 Å². The van der Waals surface area contributed by atoms with Gasteiger partial charge in [0.25, 0.3) is 0 Å². The van der Waals surface area contributed by atoms with Crippen molar-refractivity contribution in [3.05, 3.63) is 62.5 Å². The number of carbonyl (C=O) groups is 1. The molecule has 0 N–H and O–H groups in total. The lowest BCUT2D eigenvalue weighted by Gasteiger charge is -2.07. The van der Waals surface area contributed by atoms with Crippen LogP contribution in [0.3, 0.4) is 0 Å². The predicted molar refractivity (Wildman–Crippen MR) is 87.5 cm³/mol. The summed E-state index contributed by atoms with van der Waals surface area (Å²) in [6, 6.07) is 13.2. The summed E-state index contributed by atoms with van der Waals surface area (Å²) in [7, 11) is 1.60. The van der Waals surface area contributed by atoms with Gasteiger partial charge in [-0.15, -0.1) is 0 Å². The fraction of sp³-hybridized carbons (Fsp3) is 0.188. The number of methoxy groups -OCH3 is 1. The molecule has 0 heterocycles. The second kappa shape index (κ2) is 7.04. The van der Waals surface area contributed by atoms with Crippen molar-refractivity contribution in [2.45, 2.75) is 12.8 Å². The molecule has 2 aromatic rings. The van der Waals surface area contributed by atoms with Crippen LogP contribution in [0.25, 0.3) is 0 Å². The van der Waals surface area contributed by atoms with Crippen molar-refractivity contribution in [1.82, 2.24) is 0 Å². The van der Waals surface area contributed by atoms with Gasteiger partial charge >= 0.3 is 0 Å². The molecule has 0 saturated heterocycles. The minimum Gasteiger partial charge on any atom is -0.497 e. The van der Waals surface area contributed by atoms with Gasteiger partial charge in [0.15, 0.2) is 5.78 Å². The van der Waals surface area contributed by atoms with Crippen LogP contribution >= 0.6 is 31.9 Å². The molecule has 0 radical (unpaired) electrons. The van der Waals surface area contributed by atoms with E-state index < -0.39 is 0 Å². The van der Waals surface area contributed by atoms with Crippen molar-refractivity contribution < 1.29 is 9.53 Å². The normalized spacial score (nSPS) is 10.3. The number of halogens is 2. The van der Waals surface area contributed by atoms with Crippen LogP contribution in [0.2, 0.25) is 0 Å². The van der Waals surface area contributed by atoms with Crippen LogP contribution in [-0.2, 0) is 6.42 Å². The molecule has 0 atom stereocenters. The molecular formula is C16H14Br2O2. The lowest BCUT2D eigenvalue weighted by molar-refractivity contribution is 0.0982. The molecule has 2 nitrogen and oxygen atoms in total. The van der Waals surface area contributed by atoms with Crippen molar-refractivity contribution in [3.63, 3.8) is 0 Å². The highest BCUT2D eigenvalue weighted by Gasteiger charge is 2.10. The molecule has 2 aromatic carbocycles. The van der Waals surface area contributed by atoms with Crippen LogP contribution in [0, 0.1) is 0 Å². The van der Waals surface area contributed by atoms with E-state index in [1.807, 2.05) is 36.4 Å². The summed E-state index contributed by atoms with van der Waals surface area (Å²) >= 11 is 7.03. The zero-order valence-electron chi connectivity index (χ0n) is 11.0. The zero-order valence-corrected chi connectivity index (χ0v) is 14.2. The predicted octanol–water partition coefficient (Wildman–Crippen LogP) is 5.04. The maximum atomic E-state index is 12.2. The monoisotopic (exact) mass is 396 g/mol. The highest BCUT2D eigenvalue weighted by molar-refractivity contribution is 9.11. The minimum absolute atomic E-state index is 0.117. The van der Waals surface area contributed by atoms with Crippen molar-refractivity contribution in [3.8, 4) is 5.75 Å². The number of hydrogen-bond acceptors (Lipinski definition) is 2. The first-order valence-electron chi connectivity index (χ1n) is 6.22. The Morgan fingerprint density at radius 3 is 2.40 bits per heavy atom. The van der Waals surface area contributed by atoms with E-state index in [0.717, 1.165) is 14.5 Å². The molecule has 0 amide bonds. The molecule has 0 bridgehead atoms. The summed E-state index contributed by atoms with van der Waals surface area (Å²) in [5, 5.41) is 0. The lowest BCUT2D eigenvalue weighted by atomic mass is 10.0. The standard InChI is InChI=1S/C16H14Br2O2/c1-20-12-5-2-4-11(10-12)16(19)9-8-13-14(17)6-3-7-15(13)18/h2-7,10H,8-9H2,1H3. The summed E-state index contributed by atoms with van der Waals surface area (Å²) in [6.07, 6.45) is 1.16. The maximum Gasteiger partial charge on any atom is 0.163 e. The summed E-state index contributed by atoms with van der Waals surface area (Å²) in [4.78, 5) is 12.2. The van der Waals surface area contributed by atoms with E-state index >= 15 is 0 Å². The number of hydrogen-bond donors (Lipinski definition) is 0. The van der Waals surface area contributed by atoms with Gasteiger partial charge in [0, 0.05) is 20.9 Å². The molecule has 0 aliphatic rings. The molecule has 20 heavy (non-hydrogen) atoms. The highest BCUT2D eigenvalue weighted by atomic mass is 79.9. The molecule has 4 heteroatoms. The van der Waals surface area contributed by atoms with Crippen molar-refractivity contribution in [1.29, 1.82) is 0 Å². The van der Waals surface area contributed by atoms with Crippen LogP contribution in [0.4, 0.5) is 0 Å². The number of ketones is 1. The van der Waals surface area contributed by atoms with E-state index in [1.54, 1.807) is 13.2 Å². The van der Waals surface area contributed by atoms with E-state index in [0.29, 0.717) is 24.2 Å². The van der Waals surface area contributed by atoms with Gasteiger partial charge in [-0.3, -0.25) is 4.79 Å². The smallest absolute Gasteiger partial charge is 0.163 e. The van der Waals surface area contributed by atoms with Gasteiger partial charge in [-0.05, 0) is 36.2 Å². The van der Waals surface area contributed by atoms with E-state index in [1.165, 1.54) is 0 Å². The van der Waals surface area contributed by atoms with Gasteiger partial charge in [-0.2, -0.15) is 0 Å². The summed E-state index contributed by atoms with van der Waals surface area (Å²) in [5.41, 5.74) is 1.80. The molecule has 0 spiro atoms. The Morgan fingerprint density at radius 1 is 1.10 bits per heavy atom. The van der Waals surface area contributed by atoms with Crippen molar-refractivity contribution >= 4 is 37.6 Å². The average molecular weight is 398 g/mol. The van der Waals surface area contributed by atoms with E-state index in [4.69, 9.17) is 4.74 Å². The first-order chi connectivity index (χ1) is 9.61. The van der Waals surface area contributed by atoms with Crippen LogP contribution in [-0.4, -0.2) is 12.9 Å². The molecule has 2 rings (SSSR count). The highest BCUT2D eigenvalue weighted by Crippen LogP contribution is 2.27. The Morgan fingerprint density at radius 2 is 1.75 bits per heavy atom. The number of benzene rings is 2. The number of rotatable bonds is 5. The molecule has 0 saturated carbocycles. The number of carbonyl (C=O) groups excluding carboxylic acids is 1. The largest absolute Gasteiger partial charge is 0.497 e. The molecule has 0 aliphatic carbocycles. The number of ether oxygens (including phenoxy) is 1. The first-order valence-corrected chi connectivity index (χ1v) is 7.80. The Bertz CT molecular complexity index is 603. The summed E-state index contributed by atoms with van der Waals surface area (Å²) < 4.78 is 7.18. The quantitative estimate of drug-likeness (QED) is 0.661. The molecule has 0 aliphatic heterocycles. The van der Waals surface area contributed by atoms with Crippen LogP contribution in [0.15, 0.2) is 51.4 Å². The lowest BCUT2D eigenvalue weighted by Crippen LogP contribution is -2.02. The summed E-state index contributed by atoms with van der Waals surface area (Å²) in [6.45, 7) is 0.